The first-order chi connectivity index (χ1) is 13.0. The number of carbonyl (C=O) groups excluding carboxylic acids is 1. The van der Waals surface area contributed by atoms with E-state index >= 15 is 0 Å². The van der Waals surface area contributed by atoms with Crippen LogP contribution < -0.4 is 14.8 Å². The van der Waals surface area contributed by atoms with Crippen LogP contribution in [0.1, 0.15) is 30.9 Å². The van der Waals surface area contributed by atoms with Gasteiger partial charge < -0.3 is 19.9 Å². The fourth-order valence-electron chi connectivity index (χ4n) is 3.01. The highest BCUT2D eigenvalue weighted by molar-refractivity contribution is 5.88. The van der Waals surface area contributed by atoms with Crippen LogP contribution in [0.3, 0.4) is 0 Å². The molecule has 27 heavy (non-hydrogen) atoms. The number of amides is 1. The van der Waals surface area contributed by atoms with Crippen molar-refractivity contribution in [3.05, 3.63) is 59.7 Å². The predicted octanol–water partition coefficient (Wildman–Crippen LogP) is 3.14. The van der Waals surface area contributed by atoms with E-state index in [0.29, 0.717) is 23.5 Å². The maximum atomic E-state index is 12.5. The van der Waals surface area contributed by atoms with Crippen molar-refractivity contribution < 1.29 is 24.2 Å². The zero-order chi connectivity index (χ0) is 19.9. The molecule has 0 bridgehead atoms. The van der Waals surface area contributed by atoms with Crippen LogP contribution in [0, 0.1) is 0 Å². The summed E-state index contributed by atoms with van der Waals surface area (Å²) >= 11 is 0. The minimum Gasteiger partial charge on any atom is -0.493 e. The molecule has 0 heterocycles. The largest absolute Gasteiger partial charge is 0.493 e. The molecule has 0 aliphatic heterocycles. The highest BCUT2D eigenvalue weighted by Gasteiger charge is 2.39. The molecule has 0 saturated heterocycles. The number of benzene rings is 2. The molecule has 6 nitrogen and oxygen atoms in total. The first-order valence-electron chi connectivity index (χ1n) is 8.77. The first kappa shape index (κ1) is 20.3. The van der Waals surface area contributed by atoms with E-state index in [9.17, 15) is 14.7 Å². The van der Waals surface area contributed by atoms with Crippen molar-refractivity contribution in [2.75, 3.05) is 14.2 Å². The van der Waals surface area contributed by atoms with Gasteiger partial charge in [-0.2, -0.15) is 0 Å². The molecule has 1 unspecified atom stereocenters. The molecule has 2 aromatic rings. The summed E-state index contributed by atoms with van der Waals surface area (Å²) in [7, 11) is 3.11. The highest BCUT2D eigenvalue weighted by Crippen LogP contribution is 2.28. The Balaban J connectivity index is 2.12. The third kappa shape index (κ3) is 4.58. The van der Waals surface area contributed by atoms with E-state index in [1.54, 1.807) is 51.5 Å². The Morgan fingerprint density at radius 3 is 2.26 bits per heavy atom. The van der Waals surface area contributed by atoms with Gasteiger partial charge in [-0.05, 0) is 36.1 Å². The van der Waals surface area contributed by atoms with E-state index in [4.69, 9.17) is 9.47 Å². The second-order valence-corrected chi connectivity index (χ2v) is 6.17. The van der Waals surface area contributed by atoms with Crippen LogP contribution in [0.2, 0.25) is 0 Å². The Kier molecular flexibility index (Phi) is 6.82. The number of hydrogen-bond donors (Lipinski definition) is 2. The van der Waals surface area contributed by atoms with Gasteiger partial charge in [0, 0.05) is 6.42 Å². The number of ether oxygens (including phenoxy) is 2. The third-order valence-electron chi connectivity index (χ3n) is 4.60. The van der Waals surface area contributed by atoms with Crippen LogP contribution in [0.15, 0.2) is 48.5 Å². The van der Waals surface area contributed by atoms with E-state index in [-0.39, 0.29) is 18.7 Å². The molecular formula is C21H25NO5. The number of methoxy groups -OCH3 is 2. The lowest BCUT2D eigenvalue weighted by Gasteiger charge is -2.30. The Morgan fingerprint density at radius 1 is 1.04 bits per heavy atom. The average Bonchev–Trinajstić information content (AvgIpc) is 2.70. The molecule has 6 heteroatoms. The van der Waals surface area contributed by atoms with E-state index in [0.717, 1.165) is 5.56 Å². The van der Waals surface area contributed by atoms with E-state index < -0.39 is 11.5 Å². The average molecular weight is 371 g/mol. The molecule has 1 amide bonds. The van der Waals surface area contributed by atoms with Crippen LogP contribution in [-0.2, 0) is 21.5 Å². The normalized spacial score (nSPS) is 12.7. The zero-order valence-corrected chi connectivity index (χ0v) is 15.8. The molecule has 2 N–H and O–H groups in total. The van der Waals surface area contributed by atoms with Crippen LogP contribution in [0.25, 0.3) is 0 Å². The lowest BCUT2D eigenvalue weighted by molar-refractivity contribution is -0.148. The number of carboxylic acid groups (broad SMARTS) is 1. The van der Waals surface area contributed by atoms with Gasteiger partial charge in [-0.3, -0.25) is 4.79 Å². The SMILES string of the molecule is CCC(NC(=O)CCc1ccc(OC)c(OC)c1)(C(=O)O)c1ccccc1. The summed E-state index contributed by atoms with van der Waals surface area (Å²) in [6, 6.07) is 14.2. The zero-order valence-electron chi connectivity index (χ0n) is 15.8. The summed E-state index contributed by atoms with van der Waals surface area (Å²) in [5.41, 5.74) is 0.0232. The van der Waals surface area contributed by atoms with Crippen molar-refractivity contribution in [3.63, 3.8) is 0 Å². The first-order valence-corrected chi connectivity index (χ1v) is 8.77. The van der Waals surface area contributed by atoms with Gasteiger partial charge in [-0.15, -0.1) is 0 Å². The van der Waals surface area contributed by atoms with Crippen LogP contribution in [0.5, 0.6) is 11.5 Å². The number of aliphatic carboxylic acids is 1. The molecule has 2 rings (SSSR count). The monoisotopic (exact) mass is 371 g/mol. The van der Waals surface area contributed by atoms with E-state index in [1.807, 2.05) is 18.2 Å². The van der Waals surface area contributed by atoms with Crippen molar-refractivity contribution in [2.45, 2.75) is 31.7 Å². The predicted molar refractivity (Wildman–Crippen MR) is 102 cm³/mol. The Morgan fingerprint density at radius 2 is 1.70 bits per heavy atom. The molecule has 0 saturated carbocycles. The van der Waals surface area contributed by atoms with Gasteiger partial charge in [0.25, 0.3) is 0 Å². The quantitative estimate of drug-likeness (QED) is 0.707. The lowest BCUT2D eigenvalue weighted by atomic mass is 9.87. The van der Waals surface area contributed by atoms with Crippen LogP contribution in [0.4, 0.5) is 0 Å². The Labute approximate surface area is 159 Å². The van der Waals surface area contributed by atoms with Crippen molar-refractivity contribution in [1.82, 2.24) is 5.32 Å². The van der Waals surface area contributed by atoms with Crippen molar-refractivity contribution in [2.24, 2.45) is 0 Å². The molecule has 0 spiro atoms. The minimum absolute atomic E-state index is 0.164. The number of carboxylic acids is 1. The second kappa shape index (κ2) is 9.07. The molecule has 1 atom stereocenters. The highest BCUT2D eigenvalue weighted by atomic mass is 16.5. The standard InChI is InChI=1S/C21H25NO5/c1-4-21(20(24)25,16-8-6-5-7-9-16)22-19(23)13-11-15-10-12-17(26-2)18(14-15)27-3/h5-10,12,14H,4,11,13H2,1-3H3,(H,22,23)(H,24,25). The van der Waals surface area contributed by atoms with Gasteiger partial charge in [0.2, 0.25) is 5.91 Å². The molecule has 0 fully saturated rings. The molecule has 0 aromatic heterocycles. The smallest absolute Gasteiger partial charge is 0.334 e. The molecule has 0 radical (unpaired) electrons. The molecular weight excluding hydrogens is 346 g/mol. The lowest BCUT2D eigenvalue weighted by Crippen LogP contribution is -2.51. The second-order valence-electron chi connectivity index (χ2n) is 6.17. The van der Waals surface area contributed by atoms with Gasteiger partial charge in [0.15, 0.2) is 17.0 Å². The number of carbonyl (C=O) groups is 2. The summed E-state index contributed by atoms with van der Waals surface area (Å²) in [5.74, 6) is -0.188. The fourth-order valence-corrected chi connectivity index (χ4v) is 3.01. The van der Waals surface area contributed by atoms with Gasteiger partial charge in [-0.1, -0.05) is 43.3 Å². The maximum Gasteiger partial charge on any atom is 0.334 e. The Hall–Kier alpha value is -3.02. The van der Waals surface area contributed by atoms with Crippen molar-refractivity contribution >= 4 is 11.9 Å². The van der Waals surface area contributed by atoms with Crippen molar-refractivity contribution in [1.29, 1.82) is 0 Å². The van der Waals surface area contributed by atoms with Gasteiger partial charge in [-0.25, -0.2) is 4.79 Å². The summed E-state index contributed by atoms with van der Waals surface area (Å²) < 4.78 is 10.5. The number of rotatable bonds is 9. The molecule has 2 aromatic carbocycles. The number of aryl methyl sites for hydroxylation is 1. The minimum atomic E-state index is -1.43. The summed E-state index contributed by atoms with van der Waals surface area (Å²) in [6.45, 7) is 1.75. The Bertz CT molecular complexity index is 790. The van der Waals surface area contributed by atoms with Gasteiger partial charge in [0.05, 0.1) is 14.2 Å². The van der Waals surface area contributed by atoms with Crippen LogP contribution >= 0.6 is 0 Å². The van der Waals surface area contributed by atoms with E-state index in [1.165, 1.54) is 0 Å². The summed E-state index contributed by atoms with van der Waals surface area (Å²) in [6.07, 6.45) is 0.867. The van der Waals surface area contributed by atoms with E-state index in [2.05, 4.69) is 5.32 Å². The summed E-state index contributed by atoms with van der Waals surface area (Å²) in [5, 5.41) is 12.5. The number of nitrogens with one attached hydrogen (secondary N) is 1. The van der Waals surface area contributed by atoms with Gasteiger partial charge in [0.1, 0.15) is 0 Å². The summed E-state index contributed by atoms with van der Waals surface area (Å²) in [4.78, 5) is 24.5. The molecule has 0 aliphatic carbocycles. The van der Waals surface area contributed by atoms with Crippen molar-refractivity contribution in [3.8, 4) is 11.5 Å². The molecule has 144 valence electrons. The topological polar surface area (TPSA) is 84.9 Å². The number of hydrogen-bond acceptors (Lipinski definition) is 4. The van der Waals surface area contributed by atoms with Gasteiger partial charge >= 0.3 is 5.97 Å². The third-order valence-corrected chi connectivity index (χ3v) is 4.60. The fraction of sp³-hybridized carbons (Fsp3) is 0.333. The van der Waals surface area contributed by atoms with Crippen LogP contribution in [-0.4, -0.2) is 31.2 Å². The molecule has 0 aliphatic rings. The maximum absolute atomic E-state index is 12.5.